The molecule has 5 rings (SSSR count). The van der Waals surface area contributed by atoms with E-state index in [0.29, 0.717) is 29.8 Å². The number of ether oxygens (including phenoxy) is 1. The lowest BCUT2D eigenvalue weighted by Crippen LogP contribution is -2.53. The summed E-state index contributed by atoms with van der Waals surface area (Å²) in [6.07, 6.45) is 0.796. The minimum absolute atomic E-state index is 0.227. The maximum Gasteiger partial charge on any atom is 0.250 e. The van der Waals surface area contributed by atoms with Gasteiger partial charge in [-0.2, -0.15) is 0 Å². The van der Waals surface area contributed by atoms with E-state index in [1.54, 1.807) is 37.4 Å². The van der Waals surface area contributed by atoms with E-state index < -0.39 is 23.4 Å². The standard InChI is InChI=1S/C24H25N3O6/c1-33-10-4-9-27-21(30)19-16(11-13-7-8-17(28)18(29)12-13)26-24(20(19)22(27)31)14-5-2-3-6-15(14)25-23(24)32/h2-3,5-8,12,16,19-20,26,28-29H,4,9-11H2,1H3,(H,25,32)/t16-,19+,20-,24+/m0/s1. The molecule has 3 aliphatic rings. The fourth-order valence-electron chi connectivity index (χ4n) is 5.53. The number of imide groups is 1. The third-order valence-electron chi connectivity index (χ3n) is 6.94. The van der Waals surface area contributed by atoms with Crippen LogP contribution in [0.2, 0.25) is 0 Å². The largest absolute Gasteiger partial charge is 0.504 e. The molecule has 3 aliphatic heterocycles. The zero-order chi connectivity index (χ0) is 23.3. The van der Waals surface area contributed by atoms with Crippen LogP contribution >= 0.6 is 0 Å². The van der Waals surface area contributed by atoms with Crippen LogP contribution in [0.5, 0.6) is 11.5 Å². The molecule has 2 aromatic rings. The summed E-state index contributed by atoms with van der Waals surface area (Å²) in [5.41, 5.74) is 0.590. The number of rotatable bonds is 6. The highest BCUT2D eigenvalue weighted by Crippen LogP contribution is 2.53. The van der Waals surface area contributed by atoms with Gasteiger partial charge in [-0.3, -0.25) is 24.6 Å². The Bertz CT molecular complexity index is 1150. The number of aromatic hydroxyl groups is 2. The van der Waals surface area contributed by atoms with Crippen LogP contribution in [-0.2, 0) is 31.1 Å². The Kier molecular flexibility index (Phi) is 5.10. The average molecular weight is 451 g/mol. The van der Waals surface area contributed by atoms with Gasteiger partial charge in [-0.05, 0) is 36.6 Å². The molecule has 0 bridgehead atoms. The van der Waals surface area contributed by atoms with Crippen LogP contribution in [0.3, 0.4) is 0 Å². The number of nitrogens with one attached hydrogen (secondary N) is 2. The number of nitrogens with zero attached hydrogens (tertiary/aromatic N) is 1. The Hall–Kier alpha value is -3.43. The van der Waals surface area contributed by atoms with Crippen LogP contribution in [-0.4, -0.2) is 59.1 Å². The number of amides is 3. The summed E-state index contributed by atoms with van der Waals surface area (Å²) < 4.78 is 5.07. The molecule has 2 aromatic carbocycles. The summed E-state index contributed by atoms with van der Waals surface area (Å²) in [6, 6.07) is 11.1. The number of phenols is 2. The molecular weight excluding hydrogens is 426 g/mol. The first kappa shape index (κ1) is 21.4. The third-order valence-corrected chi connectivity index (χ3v) is 6.94. The number of carbonyl (C=O) groups excluding carboxylic acids is 3. The first-order chi connectivity index (χ1) is 15.9. The fraction of sp³-hybridized carbons (Fsp3) is 0.375. The number of phenolic OH excluding ortho intramolecular Hbond substituents is 2. The van der Waals surface area contributed by atoms with Crippen molar-refractivity contribution in [2.75, 3.05) is 25.6 Å². The van der Waals surface area contributed by atoms with Gasteiger partial charge in [-0.15, -0.1) is 0 Å². The summed E-state index contributed by atoms with van der Waals surface area (Å²) in [7, 11) is 1.56. The van der Waals surface area contributed by atoms with Gasteiger partial charge in [0.15, 0.2) is 11.5 Å². The van der Waals surface area contributed by atoms with Gasteiger partial charge in [-0.1, -0.05) is 24.3 Å². The number of anilines is 1. The van der Waals surface area contributed by atoms with E-state index in [1.807, 2.05) is 0 Å². The van der Waals surface area contributed by atoms with Gasteiger partial charge >= 0.3 is 0 Å². The summed E-state index contributed by atoms with van der Waals surface area (Å²) >= 11 is 0. The molecular formula is C24H25N3O6. The van der Waals surface area contributed by atoms with E-state index in [9.17, 15) is 24.6 Å². The van der Waals surface area contributed by atoms with Crippen molar-refractivity contribution in [1.29, 1.82) is 0 Å². The zero-order valence-corrected chi connectivity index (χ0v) is 18.1. The van der Waals surface area contributed by atoms with Crippen LogP contribution in [0.25, 0.3) is 0 Å². The lowest BCUT2D eigenvalue weighted by Gasteiger charge is -2.29. The summed E-state index contributed by atoms with van der Waals surface area (Å²) in [4.78, 5) is 41.7. The number of para-hydroxylation sites is 1. The molecule has 1 spiro atoms. The second-order valence-corrected chi connectivity index (χ2v) is 8.76. The van der Waals surface area contributed by atoms with Gasteiger partial charge in [0.25, 0.3) is 0 Å². The van der Waals surface area contributed by atoms with Crippen molar-refractivity contribution >= 4 is 23.4 Å². The molecule has 172 valence electrons. The topological polar surface area (TPSA) is 128 Å². The zero-order valence-electron chi connectivity index (χ0n) is 18.1. The van der Waals surface area contributed by atoms with E-state index >= 15 is 0 Å². The van der Waals surface area contributed by atoms with Crippen LogP contribution < -0.4 is 10.6 Å². The van der Waals surface area contributed by atoms with E-state index in [0.717, 1.165) is 0 Å². The van der Waals surface area contributed by atoms with E-state index in [1.165, 1.54) is 17.0 Å². The predicted octanol–water partition coefficient (Wildman–Crippen LogP) is 1.10. The van der Waals surface area contributed by atoms with Crippen molar-refractivity contribution in [3.8, 4) is 11.5 Å². The maximum atomic E-state index is 13.6. The van der Waals surface area contributed by atoms with Crippen molar-refractivity contribution in [3.63, 3.8) is 0 Å². The van der Waals surface area contributed by atoms with Crippen LogP contribution in [0.4, 0.5) is 5.69 Å². The minimum atomic E-state index is -1.35. The molecule has 4 N–H and O–H groups in total. The number of likely N-dealkylation sites (tertiary alicyclic amines) is 1. The van der Waals surface area contributed by atoms with Crippen molar-refractivity contribution in [2.24, 2.45) is 11.8 Å². The van der Waals surface area contributed by atoms with Crippen LogP contribution in [0.15, 0.2) is 42.5 Å². The van der Waals surface area contributed by atoms with E-state index in [2.05, 4.69) is 10.6 Å². The van der Waals surface area contributed by atoms with Gasteiger partial charge in [0.2, 0.25) is 17.7 Å². The minimum Gasteiger partial charge on any atom is -0.504 e. The molecule has 3 amide bonds. The molecule has 4 atom stereocenters. The summed E-state index contributed by atoms with van der Waals surface area (Å²) in [5.74, 6) is -3.16. The third kappa shape index (κ3) is 3.11. The molecule has 0 unspecified atom stereocenters. The molecule has 0 aliphatic carbocycles. The van der Waals surface area contributed by atoms with E-state index in [-0.39, 0.29) is 42.2 Å². The lowest BCUT2D eigenvalue weighted by molar-refractivity contribution is -0.143. The van der Waals surface area contributed by atoms with Crippen LogP contribution in [0.1, 0.15) is 17.5 Å². The molecule has 2 fully saturated rings. The first-order valence-electron chi connectivity index (χ1n) is 10.9. The highest BCUT2D eigenvalue weighted by Gasteiger charge is 2.70. The van der Waals surface area contributed by atoms with Gasteiger partial charge < -0.3 is 20.3 Å². The quantitative estimate of drug-likeness (QED) is 0.294. The number of hydrogen-bond acceptors (Lipinski definition) is 7. The Morgan fingerprint density at radius 1 is 1.06 bits per heavy atom. The molecule has 0 saturated carbocycles. The summed E-state index contributed by atoms with van der Waals surface area (Å²) in [6.45, 7) is 0.639. The van der Waals surface area contributed by atoms with Crippen molar-refractivity contribution in [2.45, 2.75) is 24.4 Å². The number of benzene rings is 2. The van der Waals surface area contributed by atoms with Gasteiger partial charge in [-0.25, -0.2) is 0 Å². The first-order valence-corrected chi connectivity index (χ1v) is 10.9. The molecule has 9 heteroatoms. The monoisotopic (exact) mass is 451 g/mol. The molecule has 33 heavy (non-hydrogen) atoms. The number of methoxy groups -OCH3 is 1. The summed E-state index contributed by atoms with van der Waals surface area (Å²) in [5, 5.41) is 25.8. The van der Waals surface area contributed by atoms with Crippen molar-refractivity contribution in [1.82, 2.24) is 10.2 Å². The van der Waals surface area contributed by atoms with Gasteiger partial charge in [0, 0.05) is 37.6 Å². The molecule has 0 radical (unpaired) electrons. The Morgan fingerprint density at radius 2 is 1.85 bits per heavy atom. The Morgan fingerprint density at radius 3 is 2.61 bits per heavy atom. The Balaban J connectivity index is 1.56. The number of hydrogen-bond donors (Lipinski definition) is 4. The van der Waals surface area contributed by atoms with Crippen molar-refractivity contribution in [3.05, 3.63) is 53.6 Å². The van der Waals surface area contributed by atoms with E-state index in [4.69, 9.17) is 4.74 Å². The number of fused-ring (bicyclic) bond motifs is 4. The average Bonchev–Trinajstić information content (AvgIpc) is 3.37. The highest BCUT2D eigenvalue weighted by molar-refractivity contribution is 6.15. The maximum absolute atomic E-state index is 13.6. The highest BCUT2D eigenvalue weighted by atomic mass is 16.5. The SMILES string of the molecule is COCCCN1C(=O)[C@@H]2[C@H](Cc3ccc(O)c(O)c3)N[C@@]3(C(=O)Nc4ccccc43)[C@@H]2C1=O. The van der Waals surface area contributed by atoms with Gasteiger partial charge in [0.05, 0.1) is 11.8 Å². The molecule has 2 saturated heterocycles. The van der Waals surface area contributed by atoms with Crippen LogP contribution in [0, 0.1) is 11.8 Å². The van der Waals surface area contributed by atoms with Gasteiger partial charge in [0.1, 0.15) is 5.54 Å². The Labute approximate surface area is 190 Å². The normalized spacial score (nSPS) is 27.8. The molecule has 9 nitrogen and oxygen atoms in total. The molecule has 0 aromatic heterocycles. The van der Waals surface area contributed by atoms with Crippen molar-refractivity contribution < 1.29 is 29.3 Å². The smallest absolute Gasteiger partial charge is 0.250 e. The molecule has 3 heterocycles. The predicted molar refractivity (Wildman–Crippen MR) is 117 cm³/mol. The lowest BCUT2D eigenvalue weighted by atomic mass is 9.76. The number of carbonyl (C=O) groups is 3. The second-order valence-electron chi connectivity index (χ2n) is 8.76. The fourth-order valence-corrected chi connectivity index (χ4v) is 5.53. The second kappa shape index (κ2) is 7.86.